The smallest absolute Gasteiger partial charge is 0.240 e. The quantitative estimate of drug-likeness (QED) is 0.719. The Morgan fingerprint density at radius 2 is 1.52 bits per heavy atom. The Balaban J connectivity index is 1.61. The topological polar surface area (TPSA) is 52.6 Å². The molecule has 0 bridgehead atoms. The van der Waals surface area contributed by atoms with Gasteiger partial charge in [-0.25, -0.2) is 8.78 Å². The fraction of sp³-hybridized carbons (Fsp3) is 0.435. The van der Waals surface area contributed by atoms with Gasteiger partial charge in [0.2, 0.25) is 5.91 Å². The number of carbonyl (C=O) groups excluding carboxylic acids is 1. The molecule has 1 amide bonds. The molecule has 1 aliphatic rings. The van der Waals surface area contributed by atoms with Gasteiger partial charge in [-0.1, -0.05) is 38.1 Å². The molecule has 2 aromatic rings. The van der Waals surface area contributed by atoms with Crippen molar-refractivity contribution in [2.75, 3.05) is 13.1 Å². The number of aliphatic hydroxyl groups is 1. The highest BCUT2D eigenvalue weighted by Crippen LogP contribution is 2.29. The highest BCUT2D eigenvalue weighted by Gasteiger charge is 2.31. The molecule has 3 rings (SSSR count). The summed E-state index contributed by atoms with van der Waals surface area (Å²) in [7, 11) is 0. The van der Waals surface area contributed by atoms with Crippen LogP contribution in [0.1, 0.15) is 50.0 Å². The number of nitrogens with zero attached hydrogens (tertiary/aromatic N) is 1. The van der Waals surface area contributed by atoms with Crippen molar-refractivity contribution in [3.8, 4) is 0 Å². The number of hydrogen-bond donors (Lipinski definition) is 2. The van der Waals surface area contributed by atoms with E-state index in [4.69, 9.17) is 0 Å². The van der Waals surface area contributed by atoms with Crippen LogP contribution in [-0.4, -0.2) is 35.0 Å². The number of piperidine rings is 1. The zero-order valence-electron chi connectivity index (χ0n) is 16.8. The van der Waals surface area contributed by atoms with E-state index in [2.05, 4.69) is 5.32 Å². The van der Waals surface area contributed by atoms with Gasteiger partial charge >= 0.3 is 0 Å². The summed E-state index contributed by atoms with van der Waals surface area (Å²) in [4.78, 5) is 14.9. The van der Waals surface area contributed by atoms with E-state index >= 15 is 0 Å². The lowest BCUT2D eigenvalue weighted by Crippen LogP contribution is -2.52. The third-order valence-corrected chi connectivity index (χ3v) is 5.60. The van der Waals surface area contributed by atoms with Crippen molar-refractivity contribution in [3.05, 3.63) is 71.3 Å². The van der Waals surface area contributed by atoms with Crippen LogP contribution >= 0.6 is 0 Å². The third kappa shape index (κ3) is 5.40. The maximum atomic E-state index is 13.1. The highest BCUT2D eigenvalue weighted by molar-refractivity contribution is 5.82. The molecule has 1 heterocycles. The number of aliphatic hydroxyl groups excluding tert-OH is 1. The Bertz CT molecular complexity index is 801. The van der Waals surface area contributed by atoms with Gasteiger partial charge in [0.15, 0.2) is 0 Å². The summed E-state index contributed by atoms with van der Waals surface area (Å²) < 4.78 is 26.2. The molecule has 0 saturated carbocycles. The number of benzene rings is 2. The second kappa shape index (κ2) is 9.46. The SMILES string of the molecule is CC(C)[C@@H](NC(O)c1ccc(F)cc1)C(=O)N1CCC(c2ccc(F)cc2)CC1. The number of hydrogen-bond acceptors (Lipinski definition) is 3. The van der Waals surface area contributed by atoms with Crippen molar-refractivity contribution >= 4 is 5.91 Å². The van der Waals surface area contributed by atoms with Gasteiger partial charge in [-0.3, -0.25) is 10.1 Å². The first-order valence-corrected chi connectivity index (χ1v) is 10.1. The Hall–Kier alpha value is -2.31. The first-order chi connectivity index (χ1) is 13.8. The van der Waals surface area contributed by atoms with Gasteiger partial charge < -0.3 is 10.0 Å². The van der Waals surface area contributed by atoms with E-state index in [1.165, 1.54) is 36.4 Å². The van der Waals surface area contributed by atoms with Gasteiger partial charge in [0.05, 0.1) is 6.04 Å². The van der Waals surface area contributed by atoms with Crippen molar-refractivity contribution in [2.45, 2.75) is 44.9 Å². The predicted molar refractivity (Wildman–Crippen MR) is 108 cm³/mol. The molecule has 0 spiro atoms. The van der Waals surface area contributed by atoms with E-state index in [-0.39, 0.29) is 23.5 Å². The van der Waals surface area contributed by atoms with Crippen LogP contribution < -0.4 is 5.32 Å². The lowest BCUT2D eigenvalue weighted by Gasteiger charge is -2.36. The third-order valence-electron chi connectivity index (χ3n) is 5.60. The molecule has 0 aromatic heterocycles. The zero-order valence-corrected chi connectivity index (χ0v) is 16.8. The maximum Gasteiger partial charge on any atom is 0.240 e. The van der Waals surface area contributed by atoms with E-state index in [1.54, 1.807) is 0 Å². The number of halogens is 2. The number of nitrogens with one attached hydrogen (secondary N) is 1. The highest BCUT2D eigenvalue weighted by atomic mass is 19.1. The standard InChI is InChI=1S/C23H28F2N2O2/c1-15(2)21(26-22(28)18-5-9-20(25)10-6-18)23(29)27-13-11-17(12-14-27)16-3-7-19(24)8-4-16/h3-10,15,17,21-22,26,28H,11-14H2,1-2H3/t21-,22?/m1/s1. The summed E-state index contributed by atoms with van der Waals surface area (Å²) in [6.07, 6.45) is 0.592. The van der Waals surface area contributed by atoms with Crippen LogP contribution in [0.3, 0.4) is 0 Å². The molecule has 156 valence electrons. The summed E-state index contributed by atoms with van der Waals surface area (Å²) >= 11 is 0. The molecule has 1 saturated heterocycles. The van der Waals surface area contributed by atoms with E-state index in [9.17, 15) is 18.7 Å². The molecule has 4 nitrogen and oxygen atoms in total. The predicted octanol–water partition coefficient (Wildman–Crippen LogP) is 3.98. The van der Waals surface area contributed by atoms with Gasteiger partial charge in [-0.05, 0) is 60.1 Å². The normalized spacial score (nSPS) is 17.4. The molecule has 0 aliphatic carbocycles. The molecule has 2 aromatic carbocycles. The monoisotopic (exact) mass is 402 g/mol. The maximum absolute atomic E-state index is 13.1. The van der Waals surface area contributed by atoms with Crippen LogP contribution in [0.5, 0.6) is 0 Å². The van der Waals surface area contributed by atoms with Crippen molar-refractivity contribution in [2.24, 2.45) is 5.92 Å². The van der Waals surface area contributed by atoms with Crippen molar-refractivity contribution < 1.29 is 18.7 Å². The van der Waals surface area contributed by atoms with Gasteiger partial charge in [0.25, 0.3) is 0 Å². The molecule has 0 radical (unpaired) electrons. The molecular formula is C23H28F2N2O2. The van der Waals surface area contributed by atoms with Crippen LogP contribution in [-0.2, 0) is 4.79 Å². The van der Waals surface area contributed by atoms with E-state index < -0.39 is 12.3 Å². The van der Waals surface area contributed by atoms with Crippen molar-refractivity contribution in [1.82, 2.24) is 10.2 Å². The second-order valence-corrected chi connectivity index (χ2v) is 7.99. The minimum atomic E-state index is -1.05. The minimum absolute atomic E-state index is 0.0209. The van der Waals surface area contributed by atoms with Gasteiger partial charge in [-0.2, -0.15) is 0 Å². The molecular weight excluding hydrogens is 374 g/mol. The van der Waals surface area contributed by atoms with Gasteiger partial charge in [0, 0.05) is 13.1 Å². The Labute approximate surface area is 170 Å². The van der Waals surface area contributed by atoms with Gasteiger partial charge in [0.1, 0.15) is 17.9 Å². The van der Waals surface area contributed by atoms with E-state index in [0.29, 0.717) is 24.6 Å². The zero-order chi connectivity index (χ0) is 21.0. The fourth-order valence-corrected chi connectivity index (χ4v) is 3.83. The molecule has 29 heavy (non-hydrogen) atoms. The largest absolute Gasteiger partial charge is 0.374 e. The van der Waals surface area contributed by atoms with Gasteiger partial charge in [-0.15, -0.1) is 0 Å². The summed E-state index contributed by atoms with van der Waals surface area (Å²) in [5.74, 6) is -0.366. The molecule has 1 aliphatic heterocycles. The summed E-state index contributed by atoms with van der Waals surface area (Å²) in [5.41, 5.74) is 1.61. The fourth-order valence-electron chi connectivity index (χ4n) is 3.83. The number of likely N-dealkylation sites (tertiary alicyclic amines) is 1. The van der Waals surface area contributed by atoms with Crippen LogP contribution in [0.2, 0.25) is 0 Å². The molecule has 1 unspecified atom stereocenters. The summed E-state index contributed by atoms with van der Waals surface area (Å²) in [5, 5.41) is 13.5. The second-order valence-electron chi connectivity index (χ2n) is 7.99. The lowest BCUT2D eigenvalue weighted by molar-refractivity contribution is -0.136. The van der Waals surface area contributed by atoms with Crippen molar-refractivity contribution in [3.63, 3.8) is 0 Å². The Morgan fingerprint density at radius 3 is 2.03 bits per heavy atom. The number of amides is 1. The molecule has 1 fully saturated rings. The number of carbonyl (C=O) groups is 1. The lowest BCUT2D eigenvalue weighted by atomic mass is 9.89. The van der Waals surface area contributed by atoms with Crippen LogP contribution in [0.15, 0.2) is 48.5 Å². The first-order valence-electron chi connectivity index (χ1n) is 10.1. The average molecular weight is 402 g/mol. The van der Waals surface area contributed by atoms with E-state index in [1.807, 2.05) is 30.9 Å². The number of rotatable bonds is 6. The average Bonchev–Trinajstić information content (AvgIpc) is 2.72. The summed E-state index contributed by atoms with van der Waals surface area (Å²) in [6, 6.07) is 11.6. The summed E-state index contributed by atoms with van der Waals surface area (Å²) in [6.45, 7) is 5.10. The van der Waals surface area contributed by atoms with Crippen molar-refractivity contribution in [1.29, 1.82) is 0 Å². The molecule has 2 N–H and O–H groups in total. The Morgan fingerprint density at radius 1 is 1.00 bits per heavy atom. The van der Waals surface area contributed by atoms with E-state index in [0.717, 1.165) is 18.4 Å². The first kappa shape index (κ1) is 21.4. The Kier molecular flexibility index (Phi) is 6.98. The van der Waals surface area contributed by atoms with Crippen LogP contribution in [0.4, 0.5) is 8.78 Å². The molecule has 2 atom stereocenters. The van der Waals surface area contributed by atoms with Crippen LogP contribution in [0, 0.1) is 17.6 Å². The minimum Gasteiger partial charge on any atom is -0.374 e. The van der Waals surface area contributed by atoms with Crippen LogP contribution in [0.25, 0.3) is 0 Å². The molecule has 6 heteroatoms.